The molecule has 2 aromatic carbocycles. The van der Waals surface area contributed by atoms with Gasteiger partial charge in [-0.25, -0.2) is 4.90 Å². The molecule has 0 aliphatic carbocycles. The number of nitrogens with zero attached hydrogens (tertiary/aromatic N) is 4. The Hall–Kier alpha value is -3.95. The summed E-state index contributed by atoms with van der Waals surface area (Å²) in [5, 5.41) is 10.1. The van der Waals surface area contributed by atoms with Gasteiger partial charge in [-0.05, 0) is 47.4 Å². The first-order chi connectivity index (χ1) is 16.5. The van der Waals surface area contributed by atoms with Crippen molar-refractivity contribution >= 4 is 34.7 Å². The maximum absolute atomic E-state index is 14.0. The molecule has 1 atom stereocenters. The highest BCUT2D eigenvalue weighted by atomic mass is 35.5. The number of imide groups is 1. The van der Waals surface area contributed by atoms with Gasteiger partial charge >= 0.3 is 0 Å². The Morgan fingerprint density at radius 1 is 1.06 bits per heavy atom. The molecule has 168 valence electrons. The van der Waals surface area contributed by atoms with Crippen LogP contribution < -0.4 is 4.90 Å². The number of anilines is 1. The quantitative estimate of drug-likeness (QED) is 0.510. The highest BCUT2D eigenvalue weighted by Crippen LogP contribution is 2.41. The number of fused-ring (bicyclic) bond motifs is 1. The van der Waals surface area contributed by atoms with E-state index >= 15 is 0 Å². The molecule has 0 saturated heterocycles. The van der Waals surface area contributed by atoms with Crippen LogP contribution in [0.3, 0.4) is 0 Å². The molecule has 0 spiro atoms. The molecule has 0 fully saturated rings. The molecule has 0 radical (unpaired) electrons. The van der Waals surface area contributed by atoms with Crippen molar-refractivity contribution in [3.8, 4) is 6.07 Å². The Balaban J connectivity index is 1.73. The Kier molecular flexibility index (Phi) is 5.64. The lowest BCUT2D eigenvalue weighted by molar-refractivity contribution is -0.127. The monoisotopic (exact) mass is 468 g/mol. The second-order valence-electron chi connectivity index (χ2n) is 8.51. The second kappa shape index (κ2) is 8.77. The lowest BCUT2D eigenvalue weighted by atomic mass is 9.86. The number of benzene rings is 2. The first kappa shape index (κ1) is 21.9. The summed E-state index contributed by atoms with van der Waals surface area (Å²) in [5.74, 6) is -1.66. The summed E-state index contributed by atoms with van der Waals surface area (Å²) in [6, 6.07) is 19.0. The van der Waals surface area contributed by atoms with Crippen LogP contribution in [0.25, 0.3) is 5.57 Å². The summed E-state index contributed by atoms with van der Waals surface area (Å²) in [7, 11) is 0. The van der Waals surface area contributed by atoms with Crippen molar-refractivity contribution < 1.29 is 9.59 Å². The van der Waals surface area contributed by atoms with Crippen LogP contribution in [0.4, 0.5) is 5.69 Å². The molecule has 5 rings (SSSR count). The van der Waals surface area contributed by atoms with Gasteiger partial charge in [0.1, 0.15) is 0 Å². The van der Waals surface area contributed by atoms with Crippen molar-refractivity contribution in [2.45, 2.75) is 26.4 Å². The summed E-state index contributed by atoms with van der Waals surface area (Å²) >= 11 is 6.30. The summed E-state index contributed by atoms with van der Waals surface area (Å²) in [5.41, 5.74) is 5.07. The van der Waals surface area contributed by atoms with Crippen LogP contribution >= 0.6 is 11.6 Å². The van der Waals surface area contributed by atoms with E-state index in [1.807, 2.05) is 42.2 Å². The zero-order valence-corrected chi connectivity index (χ0v) is 19.3. The van der Waals surface area contributed by atoms with Gasteiger partial charge in [0.25, 0.3) is 5.91 Å². The van der Waals surface area contributed by atoms with E-state index < -0.39 is 17.7 Å². The molecule has 6 nitrogen and oxygen atoms in total. The fourth-order valence-electron chi connectivity index (χ4n) is 4.75. The maximum Gasteiger partial charge on any atom is 0.267 e. The van der Waals surface area contributed by atoms with E-state index in [2.05, 4.69) is 11.1 Å². The summed E-state index contributed by atoms with van der Waals surface area (Å²) < 4.78 is 0. The largest absolute Gasteiger partial charge is 0.365 e. The average molecular weight is 469 g/mol. The number of carbonyl (C=O) groups is 2. The van der Waals surface area contributed by atoms with E-state index in [1.165, 1.54) is 6.20 Å². The Labute approximate surface area is 202 Å². The molecular weight excluding hydrogens is 448 g/mol. The van der Waals surface area contributed by atoms with Gasteiger partial charge in [0.2, 0.25) is 5.91 Å². The molecule has 2 amide bonds. The minimum Gasteiger partial charge on any atom is -0.365 e. The van der Waals surface area contributed by atoms with Crippen LogP contribution in [0, 0.1) is 24.2 Å². The van der Waals surface area contributed by atoms with Crippen LogP contribution in [0.15, 0.2) is 72.7 Å². The van der Waals surface area contributed by atoms with Crippen molar-refractivity contribution in [1.29, 1.82) is 5.26 Å². The molecule has 34 heavy (non-hydrogen) atoms. The van der Waals surface area contributed by atoms with Gasteiger partial charge in [-0.2, -0.15) is 5.26 Å². The van der Waals surface area contributed by atoms with Crippen molar-refractivity contribution in [3.05, 3.63) is 100.0 Å². The van der Waals surface area contributed by atoms with Gasteiger partial charge in [0.05, 0.1) is 35.9 Å². The number of hydrogen-bond donors (Lipinski definition) is 0. The summed E-state index contributed by atoms with van der Waals surface area (Å²) in [4.78, 5) is 35.2. The Bertz CT molecular complexity index is 1370. The number of aromatic nitrogens is 1. The van der Waals surface area contributed by atoms with E-state index in [0.29, 0.717) is 40.6 Å². The second-order valence-corrected chi connectivity index (χ2v) is 8.95. The SMILES string of the molecule is Cc1cncc(N2C(=O)C(c3cccc(Cl)c3)=C(N3Cc4ccccc4C3)C(CC#N)C2=O)c1. The number of carbonyl (C=O) groups excluding carboxylic acids is 2. The minimum absolute atomic E-state index is 0.0475. The zero-order chi connectivity index (χ0) is 23.8. The van der Waals surface area contributed by atoms with Crippen molar-refractivity contribution in [2.24, 2.45) is 5.92 Å². The van der Waals surface area contributed by atoms with Crippen molar-refractivity contribution in [2.75, 3.05) is 4.90 Å². The predicted octanol–water partition coefficient (Wildman–Crippen LogP) is 4.87. The molecule has 0 N–H and O–H groups in total. The number of halogens is 1. The van der Waals surface area contributed by atoms with E-state index in [4.69, 9.17) is 11.6 Å². The number of rotatable bonds is 4. The lowest BCUT2D eigenvalue weighted by Crippen LogP contribution is -2.49. The smallest absolute Gasteiger partial charge is 0.267 e. The Morgan fingerprint density at radius 3 is 2.44 bits per heavy atom. The zero-order valence-electron chi connectivity index (χ0n) is 18.5. The van der Waals surface area contributed by atoms with E-state index in [9.17, 15) is 14.9 Å². The third-order valence-electron chi connectivity index (χ3n) is 6.23. The molecule has 2 aliphatic heterocycles. The lowest BCUT2D eigenvalue weighted by Gasteiger charge is -2.37. The van der Waals surface area contributed by atoms with Crippen LogP contribution in [0.2, 0.25) is 5.02 Å². The van der Waals surface area contributed by atoms with Crippen LogP contribution in [0.5, 0.6) is 0 Å². The van der Waals surface area contributed by atoms with Gasteiger partial charge in [-0.3, -0.25) is 14.6 Å². The summed E-state index contributed by atoms with van der Waals surface area (Å²) in [6.45, 7) is 2.97. The van der Waals surface area contributed by atoms with Crippen LogP contribution in [-0.2, 0) is 22.7 Å². The van der Waals surface area contributed by atoms with Crippen molar-refractivity contribution in [3.63, 3.8) is 0 Å². The highest BCUT2D eigenvalue weighted by molar-refractivity contribution is 6.38. The first-order valence-electron chi connectivity index (χ1n) is 11.0. The van der Waals surface area contributed by atoms with Gasteiger partial charge in [0, 0.05) is 30.0 Å². The molecule has 1 aromatic heterocycles. The maximum atomic E-state index is 14.0. The van der Waals surface area contributed by atoms with Crippen LogP contribution in [-0.4, -0.2) is 21.7 Å². The van der Waals surface area contributed by atoms with Gasteiger partial charge in [0.15, 0.2) is 0 Å². The van der Waals surface area contributed by atoms with Gasteiger partial charge in [-0.15, -0.1) is 0 Å². The molecule has 3 heterocycles. The first-order valence-corrected chi connectivity index (χ1v) is 11.3. The highest BCUT2D eigenvalue weighted by Gasteiger charge is 2.45. The van der Waals surface area contributed by atoms with E-state index in [1.54, 1.807) is 30.5 Å². The molecule has 3 aromatic rings. The molecule has 2 aliphatic rings. The van der Waals surface area contributed by atoms with Crippen molar-refractivity contribution in [1.82, 2.24) is 9.88 Å². The fourth-order valence-corrected chi connectivity index (χ4v) is 4.94. The number of pyridine rings is 1. The Morgan fingerprint density at radius 2 is 1.79 bits per heavy atom. The molecule has 7 heteroatoms. The van der Waals surface area contributed by atoms with Crippen LogP contribution in [0.1, 0.15) is 28.7 Å². The molecule has 1 unspecified atom stereocenters. The third-order valence-corrected chi connectivity index (χ3v) is 6.47. The number of nitriles is 1. The number of hydrogen-bond acceptors (Lipinski definition) is 5. The third kappa shape index (κ3) is 3.74. The van der Waals surface area contributed by atoms with E-state index in [0.717, 1.165) is 21.6 Å². The number of amides is 2. The van der Waals surface area contributed by atoms with Gasteiger partial charge in [-0.1, -0.05) is 48.0 Å². The van der Waals surface area contributed by atoms with Gasteiger partial charge < -0.3 is 4.90 Å². The minimum atomic E-state index is -0.800. The van der Waals surface area contributed by atoms with E-state index in [-0.39, 0.29) is 6.42 Å². The number of aryl methyl sites for hydroxylation is 1. The molecular formula is C27H21ClN4O2. The molecule has 0 saturated carbocycles. The summed E-state index contributed by atoms with van der Waals surface area (Å²) in [6.07, 6.45) is 3.11. The average Bonchev–Trinajstić information content (AvgIpc) is 3.25. The standard InChI is InChI=1S/C27H21ClN4O2/c1-17-11-22(14-30-13-17)32-26(33)23(9-10-29)25(31-15-19-5-2-3-6-20(19)16-31)24(27(32)34)18-7-4-8-21(28)12-18/h2-8,11-14,23H,9,15-16H2,1H3. The predicted molar refractivity (Wildman–Crippen MR) is 129 cm³/mol. The normalized spacial score (nSPS) is 17.7. The topological polar surface area (TPSA) is 77.3 Å². The molecule has 0 bridgehead atoms. The fraction of sp³-hybridized carbons (Fsp3) is 0.185.